The third kappa shape index (κ3) is 8.91. The van der Waals surface area contributed by atoms with Gasteiger partial charge in [-0.1, -0.05) is 13.8 Å². The van der Waals surface area contributed by atoms with Gasteiger partial charge in [0.15, 0.2) is 0 Å². The number of amides is 2. The fourth-order valence-electron chi connectivity index (χ4n) is 1.79. The molecule has 0 rings (SSSR count). The Morgan fingerprint density at radius 2 is 1.75 bits per heavy atom. The number of hydrogen-bond donors (Lipinski definition) is 2. The molecule has 0 aliphatic rings. The summed E-state index contributed by atoms with van der Waals surface area (Å²) in [5.41, 5.74) is 5.96. The van der Waals surface area contributed by atoms with Gasteiger partial charge >= 0.3 is 0 Å². The molecule has 0 aromatic carbocycles. The zero-order valence-electron chi connectivity index (χ0n) is 13.6. The molecule has 20 heavy (non-hydrogen) atoms. The van der Waals surface area contributed by atoms with Crippen LogP contribution in [0.5, 0.6) is 0 Å². The predicted molar refractivity (Wildman–Crippen MR) is 82.2 cm³/mol. The second kappa shape index (κ2) is 9.75. The second-order valence-electron chi connectivity index (χ2n) is 6.09. The van der Waals surface area contributed by atoms with Gasteiger partial charge < -0.3 is 16.0 Å². The molecule has 0 fully saturated rings. The number of rotatable bonds is 9. The van der Waals surface area contributed by atoms with Crippen molar-refractivity contribution in [3.63, 3.8) is 0 Å². The summed E-state index contributed by atoms with van der Waals surface area (Å²) in [5.74, 6) is 0.522. The minimum Gasteiger partial charge on any atom is -0.354 e. The first-order valence-electron chi connectivity index (χ1n) is 7.53. The Balaban J connectivity index is 3.83. The van der Waals surface area contributed by atoms with Crippen LogP contribution in [-0.2, 0) is 9.59 Å². The SMILES string of the molecule is CC(C)NC(=O)CCCC(=O)N(C)CCC(N)C(C)C. The maximum atomic E-state index is 11.9. The number of nitrogens with two attached hydrogens (primary N) is 1. The molecule has 0 radical (unpaired) electrons. The first-order chi connectivity index (χ1) is 9.23. The highest BCUT2D eigenvalue weighted by atomic mass is 16.2. The first-order valence-corrected chi connectivity index (χ1v) is 7.53. The molecule has 5 heteroatoms. The van der Waals surface area contributed by atoms with Gasteiger partial charge in [0.05, 0.1) is 0 Å². The van der Waals surface area contributed by atoms with Gasteiger partial charge in [-0.2, -0.15) is 0 Å². The molecule has 0 bridgehead atoms. The van der Waals surface area contributed by atoms with Gasteiger partial charge in [-0.3, -0.25) is 9.59 Å². The number of nitrogens with one attached hydrogen (secondary N) is 1. The number of nitrogens with zero attached hydrogens (tertiary/aromatic N) is 1. The fraction of sp³-hybridized carbons (Fsp3) is 0.867. The lowest BCUT2D eigenvalue weighted by molar-refractivity contribution is -0.130. The van der Waals surface area contributed by atoms with Crippen LogP contribution in [0.3, 0.4) is 0 Å². The van der Waals surface area contributed by atoms with E-state index in [4.69, 9.17) is 5.73 Å². The van der Waals surface area contributed by atoms with Gasteiger partial charge in [-0.05, 0) is 32.6 Å². The molecule has 0 saturated carbocycles. The van der Waals surface area contributed by atoms with Crippen LogP contribution in [0, 0.1) is 5.92 Å². The Morgan fingerprint density at radius 1 is 1.15 bits per heavy atom. The first kappa shape index (κ1) is 18.9. The minimum absolute atomic E-state index is 0.0114. The van der Waals surface area contributed by atoms with E-state index in [9.17, 15) is 9.59 Å². The Hall–Kier alpha value is -1.10. The van der Waals surface area contributed by atoms with Crippen LogP contribution < -0.4 is 11.1 Å². The van der Waals surface area contributed by atoms with E-state index >= 15 is 0 Å². The molecule has 0 spiro atoms. The lowest BCUT2D eigenvalue weighted by Gasteiger charge is -2.21. The van der Waals surface area contributed by atoms with Crippen LogP contribution in [0.15, 0.2) is 0 Å². The molecule has 118 valence electrons. The number of carbonyl (C=O) groups excluding carboxylic acids is 2. The van der Waals surface area contributed by atoms with E-state index in [1.165, 1.54) is 0 Å². The predicted octanol–water partition coefficient (Wildman–Crippen LogP) is 1.51. The largest absolute Gasteiger partial charge is 0.354 e. The molecule has 0 aromatic rings. The Bertz CT molecular complexity index is 303. The summed E-state index contributed by atoms with van der Waals surface area (Å²) < 4.78 is 0. The van der Waals surface area contributed by atoms with Crippen molar-refractivity contribution in [3.05, 3.63) is 0 Å². The highest BCUT2D eigenvalue weighted by Crippen LogP contribution is 2.05. The number of hydrogen-bond acceptors (Lipinski definition) is 3. The summed E-state index contributed by atoms with van der Waals surface area (Å²) in [6, 6.07) is 0.278. The van der Waals surface area contributed by atoms with Crippen LogP contribution in [0.25, 0.3) is 0 Å². The summed E-state index contributed by atoms with van der Waals surface area (Å²) in [5, 5.41) is 2.82. The third-order valence-corrected chi connectivity index (χ3v) is 3.32. The highest BCUT2D eigenvalue weighted by Gasteiger charge is 2.13. The third-order valence-electron chi connectivity index (χ3n) is 3.32. The van der Waals surface area contributed by atoms with E-state index < -0.39 is 0 Å². The average Bonchev–Trinajstić information content (AvgIpc) is 2.33. The fourth-order valence-corrected chi connectivity index (χ4v) is 1.79. The van der Waals surface area contributed by atoms with Crippen LogP contribution in [0.2, 0.25) is 0 Å². The minimum atomic E-state index is 0.0114. The molecule has 2 amide bonds. The molecule has 0 aliphatic heterocycles. The van der Waals surface area contributed by atoms with E-state index in [1.54, 1.807) is 11.9 Å². The van der Waals surface area contributed by atoms with Crippen molar-refractivity contribution in [2.75, 3.05) is 13.6 Å². The maximum Gasteiger partial charge on any atom is 0.222 e. The van der Waals surface area contributed by atoms with Crippen LogP contribution >= 0.6 is 0 Å². The van der Waals surface area contributed by atoms with Gasteiger partial charge in [-0.25, -0.2) is 0 Å². The molecular formula is C15H31N3O2. The smallest absolute Gasteiger partial charge is 0.222 e. The molecular weight excluding hydrogens is 254 g/mol. The lowest BCUT2D eigenvalue weighted by Crippen LogP contribution is -2.34. The summed E-state index contributed by atoms with van der Waals surface area (Å²) in [4.78, 5) is 25.0. The molecule has 3 N–H and O–H groups in total. The molecule has 0 aromatic heterocycles. The zero-order valence-corrected chi connectivity index (χ0v) is 13.6. The van der Waals surface area contributed by atoms with E-state index in [-0.39, 0.29) is 23.9 Å². The standard InChI is InChI=1S/C15H31N3O2/c1-11(2)13(16)9-10-18(5)15(20)8-6-7-14(19)17-12(3)4/h11-13H,6-10,16H2,1-5H3,(H,17,19). The lowest BCUT2D eigenvalue weighted by atomic mass is 10.0. The summed E-state index contributed by atoms with van der Waals surface area (Å²) >= 11 is 0. The highest BCUT2D eigenvalue weighted by molar-refractivity contribution is 5.78. The summed E-state index contributed by atoms with van der Waals surface area (Å²) in [7, 11) is 1.80. The van der Waals surface area contributed by atoms with Gasteiger partial charge in [0.25, 0.3) is 0 Å². The van der Waals surface area contributed by atoms with Crippen molar-refractivity contribution < 1.29 is 9.59 Å². The van der Waals surface area contributed by atoms with Crippen molar-refractivity contribution in [1.82, 2.24) is 10.2 Å². The van der Waals surface area contributed by atoms with Gasteiger partial charge in [0.2, 0.25) is 11.8 Å². The monoisotopic (exact) mass is 285 g/mol. The van der Waals surface area contributed by atoms with Crippen molar-refractivity contribution in [3.8, 4) is 0 Å². The Labute approximate surface area is 123 Å². The van der Waals surface area contributed by atoms with Crippen molar-refractivity contribution in [2.24, 2.45) is 11.7 Å². The van der Waals surface area contributed by atoms with Crippen molar-refractivity contribution in [1.29, 1.82) is 0 Å². The Kier molecular flexibility index (Phi) is 9.21. The molecule has 0 saturated heterocycles. The van der Waals surface area contributed by atoms with Gasteiger partial charge in [-0.15, -0.1) is 0 Å². The molecule has 0 heterocycles. The van der Waals surface area contributed by atoms with E-state index in [1.807, 2.05) is 13.8 Å². The van der Waals surface area contributed by atoms with Crippen LogP contribution in [-0.4, -0.2) is 42.4 Å². The van der Waals surface area contributed by atoms with Gasteiger partial charge in [0, 0.05) is 38.5 Å². The normalized spacial score (nSPS) is 12.6. The zero-order chi connectivity index (χ0) is 15.7. The second-order valence-corrected chi connectivity index (χ2v) is 6.09. The topological polar surface area (TPSA) is 75.4 Å². The van der Waals surface area contributed by atoms with Gasteiger partial charge in [0.1, 0.15) is 0 Å². The Morgan fingerprint density at radius 3 is 2.25 bits per heavy atom. The maximum absolute atomic E-state index is 11.9. The van der Waals surface area contributed by atoms with Crippen molar-refractivity contribution in [2.45, 2.75) is 65.5 Å². The average molecular weight is 285 g/mol. The van der Waals surface area contributed by atoms with Crippen molar-refractivity contribution >= 4 is 11.8 Å². The summed E-state index contributed by atoms with van der Waals surface area (Å²) in [6.07, 6.45) is 2.23. The van der Waals surface area contributed by atoms with Crippen LogP contribution in [0.4, 0.5) is 0 Å². The van der Waals surface area contributed by atoms with E-state index in [2.05, 4.69) is 19.2 Å². The summed E-state index contributed by atoms with van der Waals surface area (Å²) in [6.45, 7) is 8.69. The van der Waals surface area contributed by atoms with E-state index in [0.717, 1.165) is 6.42 Å². The molecule has 1 unspecified atom stereocenters. The quantitative estimate of drug-likeness (QED) is 0.674. The molecule has 1 atom stereocenters. The van der Waals surface area contributed by atoms with Crippen LogP contribution in [0.1, 0.15) is 53.4 Å². The van der Waals surface area contributed by atoms with E-state index in [0.29, 0.717) is 31.7 Å². The molecule has 5 nitrogen and oxygen atoms in total. The molecule has 0 aliphatic carbocycles. The number of carbonyl (C=O) groups is 2.